The first-order valence-corrected chi connectivity index (χ1v) is 11.0. The van der Waals surface area contributed by atoms with Crippen LogP contribution in [0.4, 0.5) is 16.4 Å². The standard InChI is InChI=1S/C23H28N4O4/c1-14-6-8-16(9-7-14)25-23(28)31-19-13-30-20-18(12-29-21(19)20)27-22-24-11-10-17(26-22)15-4-2-3-5-15/h6-11,15,18-21H,2-5,12-13H2,1H3,(H,25,28)(H,24,26,27). The van der Waals surface area contributed by atoms with E-state index in [1.807, 2.05) is 43.5 Å². The van der Waals surface area contributed by atoms with Crippen LogP contribution in [0, 0.1) is 6.92 Å². The first-order chi connectivity index (χ1) is 15.2. The number of hydrogen-bond acceptors (Lipinski definition) is 7. The highest BCUT2D eigenvalue weighted by Crippen LogP contribution is 2.34. The topological polar surface area (TPSA) is 94.6 Å². The van der Waals surface area contributed by atoms with Gasteiger partial charge < -0.3 is 19.5 Å². The van der Waals surface area contributed by atoms with Crippen LogP contribution in [-0.2, 0) is 14.2 Å². The quantitative estimate of drug-likeness (QED) is 0.757. The molecule has 2 saturated heterocycles. The molecule has 4 unspecified atom stereocenters. The first kappa shape index (κ1) is 20.2. The number of aromatic nitrogens is 2. The average Bonchev–Trinajstić information content (AvgIpc) is 3.51. The van der Waals surface area contributed by atoms with Gasteiger partial charge >= 0.3 is 6.09 Å². The summed E-state index contributed by atoms with van der Waals surface area (Å²) in [5, 5.41) is 6.12. The zero-order valence-corrected chi connectivity index (χ0v) is 17.6. The maximum atomic E-state index is 12.3. The van der Waals surface area contributed by atoms with Crippen molar-refractivity contribution < 1.29 is 19.0 Å². The summed E-state index contributed by atoms with van der Waals surface area (Å²) < 4.78 is 17.4. The van der Waals surface area contributed by atoms with Gasteiger partial charge in [-0.2, -0.15) is 0 Å². The van der Waals surface area contributed by atoms with Crippen LogP contribution in [0.25, 0.3) is 0 Å². The molecule has 2 aromatic rings. The van der Waals surface area contributed by atoms with Crippen molar-refractivity contribution in [1.82, 2.24) is 9.97 Å². The van der Waals surface area contributed by atoms with Crippen LogP contribution in [-0.4, -0.2) is 53.6 Å². The highest BCUT2D eigenvalue weighted by molar-refractivity contribution is 5.84. The summed E-state index contributed by atoms with van der Waals surface area (Å²) in [6, 6.07) is 9.48. The Balaban J connectivity index is 1.17. The molecule has 3 heterocycles. The van der Waals surface area contributed by atoms with Crippen LogP contribution in [0.1, 0.15) is 42.9 Å². The number of benzene rings is 1. The molecular weight excluding hydrogens is 396 g/mol. The summed E-state index contributed by atoms with van der Waals surface area (Å²) in [6.45, 7) is 2.75. The second-order valence-electron chi connectivity index (χ2n) is 8.57. The number of carbonyl (C=O) groups is 1. The zero-order valence-electron chi connectivity index (χ0n) is 17.6. The highest BCUT2D eigenvalue weighted by atomic mass is 16.6. The van der Waals surface area contributed by atoms with E-state index in [1.54, 1.807) is 0 Å². The maximum Gasteiger partial charge on any atom is 0.412 e. The lowest BCUT2D eigenvalue weighted by molar-refractivity contribution is 0.00917. The Labute approximate surface area is 181 Å². The molecule has 8 heteroatoms. The Morgan fingerprint density at radius 1 is 1.06 bits per heavy atom. The van der Waals surface area contributed by atoms with E-state index in [0.29, 0.717) is 30.8 Å². The van der Waals surface area contributed by atoms with E-state index >= 15 is 0 Å². The molecule has 1 saturated carbocycles. The number of rotatable bonds is 5. The second kappa shape index (κ2) is 8.80. The minimum Gasteiger partial charge on any atom is -0.441 e. The molecule has 1 aliphatic carbocycles. The SMILES string of the molecule is Cc1ccc(NC(=O)OC2COC3C(Nc4nccc(C5CCCC5)n4)COC23)cc1. The molecule has 2 N–H and O–H groups in total. The maximum absolute atomic E-state index is 12.3. The molecule has 3 aliphatic rings. The largest absolute Gasteiger partial charge is 0.441 e. The molecule has 4 atom stereocenters. The summed E-state index contributed by atoms with van der Waals surface area (Å²) in [5.41, 5.74) is 2.92. The lowest BCUT2D eigenvalue weighted by atomic mass is 10.0. The van der Waals surface area contributed by atoms with Crippen LogP contribution < -0.4 is 10.6 Å². The summed E-state index contributed by atoms with van der Waals surface area (Å²) in [5.74, 6) is 1.13. The Morgan fingerprint density at radius 2 is 1.84 bits per heavy atom. The molecule has 5 rings (SSSR count). The van der Waals surface area contributed by atoms with E-state index in [2.05, 4.69) is 15.6 Å². The summed E-state index contributed by atoms with van der Waals surface area (Å²) in [6.07, 6.45) is 5.26. The minimum absolute atomic E-state index is 0.0856. The number of ether oxygens (including phenoxy) is 3. The van der Waals surface area contributed by atoms with E-state index in [-0.39, 0.29) is 18.2 Å². The van der Waals surface area contributed by atoms with E-state index in [0.717, 1.165) is 11.3 Å². The van der Waals surface area contributed by atoms with Crippen LogP contribution in [0.2, 0.25) is 0 Å². The smallest absolute Gasteiger partial charge is 0.412 e. The zero-order chi connectivity index (χ0) is 21.2. The lowest BCUT2D eigenvalue weighted by Gasteiger charge is -2.18. The van der Waals surface area contributed by atoms with Gasteiger partial charge in [0.15, 0.2) is 6.10 Å². The Kier molecular flexibility index (Phi) is 5.74. The van der Waals surface area contributed by atoms with Crippen molar-refractivity contribution in [3.63, 3.8) is 0 Å². The molecule has 1 aromatic heterocycles. The van der Waals surface area contributed by atoms with Crippen molar-refractivity contribution in [3.05, 3.63) is 47.8 Å². The van der Waals surface area contributed by atoms with Gasteiger partial charge in [0.2, 0.25) is 5.95 Å². The number of fused-ring (bicyclic) bond motifs is 1. The average molecular weight is 425 g/mol. The Bertz CT molecular complexity index is 916. The van der Waals surface area contributed by atoms with Gasteiger partial charge in [-0.25, -0.2) is 14.8 Å². The molecule has 3 fully saturated rings. The number of nitrogens with one attached hydrogen (secondary N) is 2. The van der Waals surface area contributed by atoms with E-state index in [4.69, 9.17) is 19.2 Å². The fourth-order valence-electron chi connectivity index (χ4n) is 4.67. The van der Waals surface area contributed by atoms with Gasteiger partial charge in [0.25, 0.3) is 0 Å². The van der Waals surface area contributed by atoms with Crippen molar-refractivity contribution >= 4 is 17.7 Å². The fourth-order valence-corrected chi connectivity index (χ4v) is 4.67. The van der Waals surface area contributed by atoms with Crippen molar-refractivity contribution in [3.8, 4) is 0 Å². The number of aryl methyl sites for hydroxylation is 1. The van der Waals surface area contributed by atoms with Crippen LogP contribution >= 0.6 is 0 Å². The predicted molar refractivity (Wildman–Crippen MR) is 115 cm³/mol. The summed E-state index contributed by atoms with van der Waals surface area (Å²) in [4.78, 5) is 21.4. The molecule has 1 amide bonds. The van der Waals surface area contributed by atoms with Crippen molar-refractivity contribution in [2.45, 2.75) is 62.9 Å². The molecule has 0 spiro atoms. The monoisotopic (exact) mass is 424 g/mol. The third kappa shape index (κ3) is 4.50. The number of carbonyl (C=O) groups excluding carboxylic acids is 1. The van der Waals surface area contributed by atoms with E-state index < -0.39 is 12.2 Å². The summed E-state index contributed by atoms with van der Waals surface area (Å²) in [7, 11) is 0. The fraction of sp³-hybridized carbons (Fsp3) is 0.522. The van der Waals surface area contributed by atoms with E-state index in [1.165, 1.54) is 25.7 Å². The van der Waals surface area contributed by atoms with Crippen molar-refractivity contribution in [2.75, 3.05) is 23.8 Å². The minimum atomic E-state index is -0.509. The van der Waals surface area contributed by atoms with Gasteiger partial charge in [-0.05, 0) is 38.0 Å². The molecule has 164 valence electrons. The molecule has 2 aliphatic heterocycles. The lowest BCUT2D eigenvalue weighted by Crippen LogP contribution is -2.38. The number of hydrogen-bond donors (Lipinski definition) is 2. The van der Waals surface area contributed by atoms with E-state index in [9.17, 15) is 4.79 Å². The van der Waals surface area contributed by atoms with Gasteiger partial charge in [-0.1, -0.05) is 30.5 Å². The van der Waals surface area contributed by atoms with Crippen LogP contribution in [0.3, 0.4) is 0 Å². The van der Waals surface area contributed by atoms with Crippen LogP contribution in [0.15, 0.2) is 36.5 Å². The summed E-state index contributed by atoms with van der Waals surface area (Å²) >= 11 is 0. The number of amides is 1. The second-order valence-corrected chi connectivity index (χ2v) is 8.57. The normalized spacial score (nSPS) is 27.8. The van der Waals surface area contributed by atoms with Crippen molar-refractivity contribution in [1.29, 1.82) is 0 Å². The Morgan fingerprint density at radius 3 is 2.65 bits per heavy atom. The van der Waals surface area contributed by atoms with Gasteiger partial charge in [0.1, 0.15) is 12.2 Å². The molecule has 0 bridgehead atoms. The number of anilines is 2. The third-order valence-electron chi connectivity index (χ3n) is 6.33. The van der Waals surface area contributed by atoms with Gasteiger partial charge in [0, 0.05) is 23.5 Å². The van der Waals surface area contributed by atoms with Gasteiger partial charge in [-0.3, -0.25) is 5.32 Å². The number of nitrogens with zero attached hydrogens (tertiary/aromatic N) is 2. The molecule has 0 radical (unpaired) electrons. The van der Waals surface area contributed by atoms with Gasteiger partial charge in [-0.15, -0.1) is 0 Å². The van der Waals surface area contributed by atoms with Crippen molar-refractivity contribution in [2.24, 2.45) is 0 Å². The Hall–Kier alpha value is -2.71. The van der Waals surface area contributed by atoms with Crippen LogP contribution in [0.5, 0.6) is 0 Å². The molecule has 1 aromatic carbocycles. The molecule has 31 heavy (non-hydrogen) atoms. The first-order valence-electron chi connectivity index (χ1n) is 11.0. The predicted octanol–water partition coefficient (Wildman–Crippen LogP) is 3.64. The molecule has 8 nitrogen and oxygen atoms in total. The highest BCUT2D eigenvalue weighted by Gasteiger charge is 2.49. The van der Waals surface area contributed by atoms with Gasteiger partial charge in [0.05, 0.1) is 19.3 Å². The third-order valence-corrected chi connectivity index (χ3v) is 6.33. The molecular formula is C23H28N4O4.